The zero-order valence-electron chi connectivity index (χ0n) is 11.9. The van der Waals surface area contributed by atoms with Crippen molar-refractivity contribution in [3.8, 4) is 5.75 Å². The molecule has 1 aromatic heterocycles. The quantitative estimate of drug-likeness (QED) is 0.809. The van der Waals surface area contributed by atoms with Gasteiger partial charge in [-0.2, -0.15) is 0 Å². The summed E-state index contributed by atoms with van der Waals surface area (Å²) >= 11 is 0. The molecule has 0 amide bonds. The number of hydrogen-bond donors (Lipinski definition) is 1. The van der Waals surface area contributed by atoms with Gasteiger partial charge < -0.3 is 10.5 Å². The van der Waals surface area contributed by atoms with E-state index < -0.39 is 0 Å². The van der Waals surface area contributed by atoms with Crippen LogP contribution in [-0.2, 0) is 6.54 Å². The lowest BCUT2D eigenvalue weighted by molar-refractivity contribution is 0.236. The Balaban J connectivity index is 2.76. The van der Waals surface area contributed by atoms with Gasteiger partial charge in [0, 0.05) is 12.5 Å². The highest BCUT2D eigenvalue weighted by Gasteiger charge is 2.11. The van der Waals surface area contributed by atoms with E-state index in [9.17, 15) is 0 Å². The van der Waals surface area contributed by atoms with Crippen molar-refractivity contribution in [3.05, 3.63) is 17.7 Å². The summed E-state index contributed by atoms with van der Waals surface area (Å²) in [7, 11) is 0. The molecule has 0 aromatic carbocycles. The molecule has 102 valence electrons. The maximum absolute atomic E-state index is 5.80. The van der Waals surface area contributed by atoms with Crippen LogP contribution in [0.3, 0.4) is 0 Å². The van der Waals surface area contributed by atoms with E-state index in [2.05, 4.69) is 37.7 Å². The maximum atomic E-state index is 5.80. The predicted molar refractivity (Wildman–Crippen MR) is 73.6 cm³/mol. The summed E-state index contributed by atoms with van der Waals surface area (Å²) in [5.41, 5.74) is 6.53. The van der Waals surface area contributed by atoms with Crippen LogP contribution in [0.25, 0.3) is 0 Å². The fraction of sp³-hybridized carbons (Fsp3) is 0.714. The van der Waals surface area contributed by atoms with Crippen LogP contribution in [0.2, 0.25) is 0 Å². The molecule has 0 aliphatic heterocycles. The van der Waals surface area contributed by atoms with E-state index in [0.717, 1.165) is 30.1 Å². The Morgan fingerprint density at radius 2 is 1.94 bits per heavy atom. The zero-order valence-corrected chi connectivity index (χ0v) is 11.9. The highest BCUT2D eigenvalue weighted by molar-refractivity contribution is 5.25. The minimum Gasteiger partial charge on any atom is -0.490 e. The minimum absolute atomic E-state index is 0.309. The average molecular weight is 251 g/mol. The SMILES string of the molecule is CCC(CC)COc1cnc(C(C)C)nc1CN. The van der Waals surface area contributed by atoms with Gasteiger partial charge in [0.05, 0.1) is 18.5 Å². The Hall–Kier alpha value is -1.16. The second-order valence-electron chi connectivity index (χ2n) is 4.89. The molecular weight excluding hydrogens is 226 g/mol. The van der Waals surface area contributed by atoms with E-state index in [1.807, 2.05) is 0 Å². The number of hydrogen-bond acceptors (Lipinski definition) is 4. The van der Waals surface area contributed by atoms with Gasteiger partial charge in [-0.15, -0.1) is 0 Å². The molecule has 18 heavy (non-hydrogen) atoms. The number of nitrogens with two attached hydrogens (primary N) is 1. The van der Waals surface area contributed by atoms with Gasteiger partial charge in [0.2, 0.25) is 0 Å². The molecule has 0 saturated carbocycles. The van der Waals surface area contributed by atoms with Gasteiger partial charge in [-0.3, -0.25) is 0 Å². The predicted octanol–water partition coefficient (Wildman–Crippen LogP) is 2.87. The van der Waals surface area contributed by atoms with Crippen molar-refractivity contribution in [2.45, 2.75) is 53.0 Å². The van der Waals surface area contributed by atoms with E-state index in [0.29, 0.717) is 25.0 Å². The topological polar surface area (TPSA) is 61.0 Å². The van der Waals surface area contributed by atoms with Crippen LogP contribution in [0.5, 0.6) is 5.75 Å². The van der Waals surface area contributed by atoms with Crippen LogP contribution in [-0.4, -0.2) is 16.6 Å². The molecule has 1 rings (SSSR count). The molecule has 0 unspecified atom stereocenters. The average Bonchev–Trinajstić information content (AvgIpc) is 2.39. The molecule has 1 heterocycles. The number of ether oxygens (including phenoxy) is 1. The summed E-state index contributed by atoms with van der Waals surface area (Å²) in [5.74, 6) is 2.45. The van der Waals surface area contributed by atoms with Gasteiger partial charge in [-0.05, 0) is 5.92 Å². The zero-order chi connectivity index (χ0) is 13.5. The third kappa shape index (κ3) is 3.95. The number of nitrogens with zero attached hydrogens (tertiary/aromatic N) is 2. The van der Waals surface area contributed by atoms with Gasteiger partial charge in [0.25, 0.3) is 0 Å². The smallest absolute Gasteiger partial charge is 0.160 e. The Kier molecular flexibility index (Phi) is 6.05. The molecule has 1 aromatic rings. The van der Waals surface area contributed by atoms with E-state index in [1.165, 1.54) is 0 Å². The van der Waals surface area contributed by atoms with E-state index in [-0.39, 0.29) is 0 Å². The first kappa shape index (κ1) is 14.9. The van der Waals surface area contributed by atoms with Crippen LogP contribution >= 0.6 is 0 Å². The van der Waals surface area contributed by atoms with Crippen molar-refractivity contribution < 1.29 is 4.74 Å². The summed E-state index contributed by atoms with van der Waals surface area (Å²) in [6.45, 7) is 9.60. The van der Waals surface area contributed by atoms with Crippen LogP contribution in [0.1, 0.15) is 58.0 Å². The lowest BCUT2D eigenvalue weighted by Gasteiger charge is -2.16. The lowest BCUT2D eigenvalue weighted by atomic mass is 10.1. The molecule has 4 nitrogen and oxygen atoms in total. The van der Waals surface area contributed by atoms with E-state index in [1.54, 1.807) is 6.20 Å². The van der Waals surface area contributed by atoms with Gasteiger partial charge in [-0.25, -0.2) is 9.97 Å². The standard InChI is InChI=1S/C14H25N3O/c1-5-11(6-2)9-18-13-8-16-14(10(3)4)17-12(13)7-15/h8,10-11H,5-7,9,15H2,1-4H3. The molecule has 0 saturated heterocycles. The van der Waals surface area contributed by atoms with E-state index >= 15 is 0 Å². The molecule has 0 spiro atoms. The molecule has 0 radical (unpaired) electrons. The molecule has 0 atom stereocenters. The molecule has 4 heteroatoms. The molecule has 0 aliphatic carbocycles. The second-order valence-corrected chi connectivity index (χ2v) is 4.89. The van der Waals surface area contributed by atoms with Gasteiger partial charge in [0.15, 0.2) is 5.75 Å². The Morgan fingerprint density at radius 3 is 2.44 bits per heavy atom. The summed E-state index contributed by atoms with van der Waals surface area (Å²) in [6.07, 6.45) is 4.01. The molecule has 0 bridgehead atoms. The number of aromatic nitrogens is 2. The van der Waals surface area contributed by atoms with E-state index in [4.69, 9.17) is 10.5 Å². The summed E-state index contributed by atoms with van der Waals surface area (Å²) in [4.78, 5) is 8.78. The maximum Gasteiger partial charge on any atom is 0.160 e. The lowest BCUT2D eigenvalue weighted by Crippen LogP contribution is -2.14. The van der Waals surface area contributed by atoms with Gasteiger partial charge in [-0.1, -0.05) is 40.5 Å². The highest BCUT2D eigenvalue weighted by atomic mass is 16.5. The van der Waals surface area contributed by atoms with Crippen LogP contribution in [0.4, 0.5) is 0 Å². The monoisotopic (exact) mass is 251 g/mol. The van der Waals surface area contributed by atoms with Crippen molar-refractivity contribution in [2.24, 2.45) is 11.7 Å². The Morgan fingerprint density at radius 1 is 1.28 bits per heavy atom. The first-order valence-electron chi connectivity index (χ1n) is 6.80. The van der Waals surface area contributed by atoms with Crippen molar-refractivity contribution >= 4 is 0 Å². The minimum atomic E-state index is 0.309. The normalized spacial score (nSPS) is 11.3. The van der Waals surface area contributed by atoms with Crippen molar-refractivity contribution in [3.63, 3.8) is 0 Å². The fourth-order valence-electron chi connectivity index (χ4n) is 1.70. The fourth-order valence-corrected chi connectivity index (χ4v) is 1.70. The highest BCUT2D eigenvalue weighted by Crippen LogP contribution is 2.19. The first-order chi connectivity index (χ1) is 8.62. The number of rotatable bonds is 7. The first-order valence-corrected chi connectivity index (χ1v) is 6.80. The largest absolute Gasteiger partial charge is 0.490 e. The van der Waals surface area contributed by atoms with Gasteiger partial charge in [0.1, 0.15) is 5.82 Å². The summed E-state index contributed by atoms with van der Waals surface area (Å²) < 4.78 is 5.80. The summed E-state index contributed by atoms with van der Waals surface area (Å²) in [6, 6.07) is 0. The molecule has 0 aliphatic rings. The van der Waals surface area contributed by atoms with Gasteiger partial charge >= 0.3 is 0 Å². The second kappa shape index (κ2) is 7.31. The Bertz CT molecular complexity index is 362. The van der Waals surface area contributed by atoms with Crippen LogP contribution < -0.4 is 10.5 Å². The molecular formula is C14H25N3O. The molecule has 0 fully saturated rings. The van der Waals surface area contributed by atoms with Crippen molar-refractivity contribution in [1.82, 2.24) is 9.97 Å². The van der Waals surface area contributed by atoms with Crippen LogP contribution in [0, 0.1) is 5.92 Å². The molecule has 2 N–H and O–H groups in total. The third-order valence-corrected chi connectivity index (χ3v) is 3.19. The van der Waals surface area contributed by atoms with Crippen molar-refractivity contribution in [1.29, 1.82) is 0 Å². The Labute approximate surface area is 110 Å². The van der Waals surface area contributed by atoms with Crippen LogP contribution in [0.15, 0.2) is 6.20 Å². The third-order valence-electron chi connectivity index (χ3n) is 3.19. The summed E-state index contributed by atoms with van der Waals surface area (Å²) in [5, 5.41) is 0. The van der Waals surface area contributed by atoms with Crippen molar-refractivity contribution in [2.75, 3.05) is 6.61 Å².